The second kappa shape index (κ2) is 11.8. The van der Waals surface area contributed by atoms with Crippen molar-refractivity contribution in [3.8, 4) is 5.75 Å². The number of thiophene rings is 1. The maximum Gasteiger partial charge on any atom is 0.333 e. The third kappa shape index (κ3) is 6.22. The number of hydrogen-bond donors (Lipinski definition) is 1. The van der Waals surface area contributed by atoms with E-state index in [1.165, 1.54) is 21.0 Å². The second-order valence-corrected chi connectivity index (χ2v) is 10.8. The molecule has 0 radical (unpaired) electrons. The molecule has 2 heterocycles. The molecule has 5 rings (SSSR count). The molecule has 0 saturated carbocycles. The highest BCUT2D eigenvalue weighted by molar-refractivity contribution is 8.04. The van der Waals surface area contributed by atoms with E-state index in [-0.39, 0.29) is 6.61 Å². The first-order valence-electron chi connectivity index (χ1n) is 12.2. The van der Waals surface area contributed by atoms with Crippen molar-refractivity contribution in [2.24, 2.45) is 0 Å². The fourth-order valence-electron chi connectivity index (χ4n) is 4.32. The zero-order valence-corrected chi connectivity index (χ0v) is 21.6. The minimum atomic E-state index is -0.956. The summed E-state index contributed by atoms with van der Waals surface area (Å²) >= 11 is 3.66. The summed E-state index contributed by atoms with van der Waals surface area (Å²) in [6.45, 7) is 1.81. The van der Waals surface area contributed by atoms with Crippen LogP contribution in [0.25, 0.3) is 0 Å². The van der Waals surface area contributed by atoms with Crippen molar-refractivity contribution in [2.75, 3.05) is 17.5 Å². The lowest BCUT2D eigenvalue weighted by Gasteiger charge is -2.21. The lowest BCUT2D eigenvalue weighted by atomic mass is 10.1. The number of allylic oxidation sites excluding steroid dienone is 3. The normalized spacial score (nSPS) is 15.4. The zero-order chi connectivity index (χ0) is 24.7. The first-order valence-corrected chi connectivity index (χ1v) is 13.8. The van der Waals surface area contributed by atoms with Crippen molar-refractivity contribution < 1.29 is 19.4 Å². The summed E-state index contributed by atoms with van der Waals surface area (Å²) in [6.07, 6.45) is 6.95. The van der Waals surface area contributed by atoms with Crippen molar-refractivity contribution in [1.29, 1.82) is 0 Å². The molecule has 0 saturated heterocycles. The average molecular weight is 520 g/mol. The van der Waals surface area contributed by atoms with Crippen LogP contribution in [0.15, 0.2) is 88.7 Å². The Kier molecular flexibility index (Phi) is 8.11. The smallest absolute Gasteiger partial charge is 0.333 e. The van der Waals surface area contributed by atoms with Crippen molar-refractivity contribution in [1.82, 2.24) is 0 Å². The number of ether oxygens (including phenoxy) is 2. The number of benzene rings is 2. The van der Waals surface area contributed by atoms with Crippen LogP contribution in [0.2, 0.25) is 0 Å². The highest BCUT2D eigenvalue weighted by Crippen LogP contribution is 2.44. The van der Waals surface area contributed by atoms with Gasteiger partial charge in [-0.3, -0.25) is 0 Å². The minimum absolute atomic E-state index is 0.274. The van der Waals surface area contributed by atoms with Crippen LogP contribution in [0.3, 0.4) is 0 Å². The molecule has 1 unspecified atom stereocenters. The monoisotopic (exact) mass is 519 g/mol. The summed E-state index contributed by atoms with van der Waals surface area (Å²) in [7, 11) is 0. The standard InChI is InChI=1S/C29H29NO4S2/c31-29(32)26(34-20-22-6-2-1-3-7-22)18-21-10-12-25(13-11-21)33-16-5-15-30-28-24(14-17-35-28)19-23-8-4-9-27(23)36-30/h1-4,6-7,9-14,17,26H,5,8,15-16,18-20H2,(H,31,32). The zero-order valence-electron chi connectivity index (χ0n) is 20.0. The Morgan fingerprint density at radius 3 is 2.69 bits per heavy atom. The van der Waals surface area contributed by atoms with Crippen molar-refractivity contribution in [2.45, 2.75) is 38.4 Å². The maximum atomic E-state index is 11.7. The number of fused-ring (bicyclic) bond motifs is 1. The van der Waals surface area contributed by atoms with E-state index in [1.807, 2.05) is 77.9 Å². The minimum Gasteiger partial charge on any atom is -0.494 e. The summed E-state index contributed by atoms with van der Waals surface area (Å²) in [5, 5.41) is 13.1. The number of hydrogen-bond acceptors (Lipinski definition) is 6. The van der Waals surface area contributed by atoms with E-state index in [1.54, 1.807) is 0 Å². The Morgan fingerprint density at radius 2 is 1.89 bits per heavy atom. The molecule has 3 aromatic rings. The second-order valence-electron chi connectivity index (χ2n) is 8.87. The van der Waals surface area contributed by atoms with Crippen molar-refractivity contribution in [3.63, 3.8) is 0 Å². The van der Waals surface area contributed by atoms with Gasteiger partial charge in [-0.25, -0.2) is 4.79 Å². The SMILES string of the molecule is O=C(O)C(Cc1ccc(OCCCN2SC3=C(CC=C3)Cc3ccsc32)cc1)OCc1ccccc1. The van der Waals surface area contributed by atoms with Crippen LogP contribution >= 0.6 is 23.3 Å². The van der Waals surface area contributed by atoms with E-state index >= 15 is 0 Å². The Morgan fingerprint density at radius 1 is 1.06 bits per heavy atom. The summed E-state index contributed by atoms with van der Waals surface area (Å²) < 4.78 is 14.1. The molecule has 7 heteroatoms. The van der Waals surface area contributed by atoms with Gasteiger partial charge in [-0.1, -0.05) is 54.6 Å². The van der Waals surface area contributed by atoms with Gasteiger partial charge >= 0.3 is 5.97 Å². The van der Waals surface area contributed by atoms with Gasteiger partial charge in [-0.05, 0) is 70.6 Å². The summed E-state index contributed by atoms with van der Waals surface area (Å²) in [5.41, 5.74) is 4.81. The highest BCUT2D eigenvalue weighted by atomic mass is 32.2. The van der Waals surface area contributed by atoms with Gasteiger partial charge in [0.1, 0.15) is 10.8 Å². The van der Waals surface area contributed by atoms with Gasteiger partial charge in [0.15, 0.2) is 6.10 Å². The molecular weight excluding hydrogens is 490 g/mol. The van der Waals surface area contributed by atoms with Gasteiger partial charge in [0.2, 0.25) is 0 Å². The van der Waals surface area contributed by atoms with Gasteiger partial charge in [0.05, 0.1) is 13.2 Å². The van der Waals surface area contributed by atoms with Crippen LogP contribution in [0, 0.1) is 0 Å². The topological polar surface area (TPSA) is 59.0 Å². The van der Waals surface area contributed by atoms with E-state index in [9.17, 15) is 9.90 Å². The van der Waals surface area contributed by atoms with Gasteiger partial charge < -0.3 is 18.9 Å². The number of aliphatic carboxylic acids is 1. The fraction of sp³-hybridized carbons (Fsp3) is 0.276. The third-order valence-corrected chi connectivity index (χ3v) is 8.53. The molecule has 1 aromatic heterocycles. The predicted octanol–water partition coefficient (Wildman–Crippen LogP) is 6.65. The Balaban J connectivity index is 1.09. The number of carboxylic acid groups (broad SMARTS) is 1. The quantitative estimate of drug-likeness (QED) is 0.226. The Labute approximate surface area is 220 Å². The lowest BCUT2D eigenvalue weighted by Crippen LogP contribution is -2.26. The summed E-state index contributed by atoms with van der Waals surface area (Å²) in [5.74, 6) is -0.164. The number of carboxylic acids is 1. The Bertz CT molecular complexity index is 1230. The summed E-state index contributed by atoms with van der Waals surface area (Å²) in [4.78, 5) is 13.1. The van der Waals surface area contributed by atoms with Crippen LogP contribution in [-0.4, -0.2) is 30.3 Å². The lowest BCUT2D eigenvalue weighted by molar-refractivity contribution is -0.151. The van der Waals surface area contributed by atoms with Crippen LogP contribution < -0.4 is 9.04 Å². The van der Waals surface area contributed by atoms with E-state index in [2.05, 4.69) is 27.9 Å². The van der Waals surface area contributed by atoms with Gasteiger partial charge in [-0.15, -0.1) is 11.3 Å². The summed E-state index contributed by atoms with van der Waals surface area (Å²) in [6, 6.07) is 19.5. The molecule has 36 heavy (non-hydrogen) atoms. The third-order valence-electron chi connectivity index (χ3n) is 6.23. The average Bonchev–Trinajstić information content (AvgIpc) is 3.52. The Hall–Kier alpha value is -3.00. The first kappa shape index (κ1) is 24.7. The predicted molar refractivity (Wildman–Crippen MR) is 147 cm³/mol. The van der Waals surface area contributed by atoms with Gasteiger partial charge in [-0.2, -0.15) is 0 Å². The fourth-order valence-corrected chi connectivity index (χ4v) is 6.52. The molecule has 5 nitrogen and oxygen atoms in total. The molecule has 1 aliphatic heterocycles. The van der Waals surface area contributed by atoms with Gasteiger partial charge in [0.25, 0.3) is 0 Å². The molecule has 1 atom stereocenters. The number of nitrogens with zero attached hydrogens (tertiary/aromatic N) is 1. The van der Waals surface area contributed by atoms with E-state index in [4.69, 9.17) is 9.47 Å². The maximum absolute atomic E-state index is 11.7. The molecule has 0 bridgehead atoms. The molecule has 1 aliphatic carbocycles. The van der Waals surface area contributed by atoms with E-state index in [0.29, 0.717) is 13.0 Å². The molecule has 2 aromatic carbocycles. The first-order chi connectivity index (χ1) is 17.7. The molecular formula is C29H29NO4S2. The van der Waals surface area contributed by atoms with Crippen LogP contribution in [0.5, 0.6) is 5.75 Å². The van der Waals surface area contributed by atoms with Crippen LogP contribution in [-0.2, 0) is 29.0 Å². The molecule has 2 aliphatic rings. The van der Waals surface area contributed by atoms with Crippen LogP contribution in [0.1, 0.15) is 29.5 Å². The number of anilines is 1. The van der Waals surface area contributed by atoms with Crippen molar-refractivity contribution >= 4 is 34.3 Å². The number of rotatable bonds is 11. The number of carbonyl (C=O) groups is 1. The van der Waals surface area contributed by atoms with Gasteiger partial charge in [0, 0.05) is 24.3 Å². The highest BCUT2D eigenvalue weighted by Gasteiger charge is 2.23. The van der Waals surface area contributed by atoms with E-state index in [0.717, 1.165) is 42.7 Å². The van der Waals surface area contributed by atoms with Crippen LogP contribution in [0.4, 0.5) is 5.00 Å². The molecule has 0 spiro atoms. The van der Waals surface area contributed by atoms with Crippen molar-refractivity contribution in [3.05, 3.63) is 105 Å². The molecule has 0 amide bonds. The largest absolute Gasteiger partial charge is 0.494 e. The van der Waals surface area contributed by atoms with E-state index < -0.39 is 12.1 Å². The molecule has 186 valence electrons. The molecule has 0 fully saturated rings. The molecule has 1 N–H and O–H groups in total.